The van der Waals surface area contributed by atoms with E-state index in [1.165, 1.54) is 26.4 Å². The average Bonchev–Trinajstić information content (AvgIpc) is 2.36. The van der Waals surface area contributed by atoms with Crippen LogP contribution in [0.4, 0.5) is 0 Å². The molecule has 0 amide bonds. The van der Waals surface area contributed by atoms with E-state index in [1.54, 1.807) is 0 Å². The summed E-state index contributed by atoms with van der Waals surface area (Å²) < 4.78 is 4.65. The summed E-state index contributed by atoms with van der Waals surface area (Å²) in [4.78, 5) is 13.4. The normalized spacial score (nSPS) is 22.1. The number of esters is 1. The first kappa shape index (κ1) is 12.5. The van der Waals surface area contributed by atoms with Crippen molar-refractivity contribution in [2.45, 2.75) is 39.5 Å². The number of hydrogen-bond donors (Lipinski definition) is 0. The van der Waals surface area contributed by atoms with Crippen LogP contribution in [0, 0.1) is 5.41 Å². The number of rotatable bonds is 3. The van der Waals surface area contributed by atoms with E-state index in [2.05, 4.69) is 23.5 Å². The predicted molar refractivity (Wildman–Crippen MR) is 60.7 cm³/mol. The molecule has 0 aromatic carbocycles. The van der Waals surface area contributed by atoms with Crippen LogP contribution in [0.2, 0.25) is 0 Å². The lowest BCUT2D eigenvalue weighted by atomic mass is 9.85. The van der Waals surface area contributed by atoms with E-state index in [0.717, 1.165) is 19.6 Å². The van der Waals surface area contributed by atoms with E-state index in [9.17, 15) is 4.79 Å². The zero-order valence-corrected chi connectivity index (χ0v) is 10.2. The smallest absolute Gasteiger partial charge is 0.306 e. The molecule has 3 heteroatoms. The minimum Gasteiger partial charge on any atom is -0.469 e. The molecule has 1 aliphatic rings. The average molecular weight is 213 g/mol. The first-order valence-corrected chi connectivity index (χ1v) is 5.83. The fourth-order valence-electron chi connectivity index (χ4n) is 2.05. The molecule has 3 nitrogen and oxygen atoms in total. The highest BCUT2D eigenvalue weighted by atomic mass is 16.5. The van der Waals surface area contributed by atoms with Crippen molar-refractivity contribution in [3.63, 3.8) is 0 Å². The summed E-state index contributed by atoms with van der Waals surface area (Å²) in [6, 6.07) is 0. The van der Waals surface area contributed by atoms with E-state index in [0.29, 0.717) is 11.8 Å². The molecule has 0 saturated carbocycles. The van der Waals surface area contributed by atoms with Crippen molar-refractivity contribution in [2.24, 2.45) is 5.41 Å². The summed E-state index contributed by atoms with van der Waals surface area (Å²) in [5.74, 6) is -0.0986. The van der Waals surface area contributed by atoms with E-state index >= 15 is 0 Å². The molecule has 0 unspecified atom stereocenters. The molecule has 15 heavy (non-hydrogen) atoms. The maximum atomic E-state index is 11.0. The van der Waals surface area contributed by atoms with Crippen LogP contribution in [0.25, 0.3) is 0 Å². The summed E-state index contributed by atoms with van der Waals surface area (Å²) >= 11 is 0. The molecule has 1 fully saturated rings. The molecule has 1 heterocycles. The van der Waals surface area contributed by atoms with E-state index in [1.807, 2.05) is 0 Å². The predicted octanol–water partition coefficient (Wildman–Crippen LogP) is 2.06. The molecule has 0 spiro atoms. The largest absolute Gasteiger partial charge is 0.469 e. The van der Waals surface area contributed by atoms with Crippen molar-refractivity contribution in [1.82, 2.24) is 4.90 Å². The summed E-state index contributed by atoms with van der Waals surface area (Å²) in [6.45, 7) is 7.75. The van der Waals surface area contributed by atoms with Crippen LogP contribution in [-0.4, -0.2) is 37.6 Å². The van der Waals surface area contributed by atoms with Crippen molar-refractivity contribution in [1.29, 1.82) is 0 Å². The highest BCUT2D eigenvalue weighted by molar-refractivity contribution is 5.69. The summed E-state index contributed by atoms with van der Waals surface area (Å²) in [7, 11) is 1.45. The molecule has 0 atom stereocenters. The molecule has 1 rings (SSSR count). The van der Waals surface area contributed by atoms with Crippen LogP contribution < -0.4 is 0 Å². The third-order valence-corrected chi connectivity index (χ3v) is 3.29. The van der Waals surface area contributed by atoms with E-state index in [4.69, 9.17) is 0 Å². The second kappa shape index (κ2) is 5.50. The molecule has 1 aliphatic heterocycles. The van der Waals surface area contributed by atoms with Gasteiger partial charge in [0.25, 0.3) is 0 Å². The number of ether oxygens (including phenoxy) is 1. The maximum absolute atomic E-state index is 11.0. The van der Waals surface area contributed by atoms with Gasteiger partial charge in [0.15, 0.2) is 0 Å². The molecule has 0 radical (unpaired) electrons. The molecular formula is C12H23NO2. The van der Waals surface area contributed by atoms with Gasteiger partial charge in [-0.05, 0) is 37.8 Å². The molecule has 0 aromatic rings. The third-order valence-electron chi connectivity index (χ3n) is 3.29. The zero-order chi connectivity index (χ0) is 11.3. The second-order valence-electron chi connectivity index (χ2n) is 5.19. The molecule has 1 saturated heterocycles. The zero-order valence-electron chi connectivity index (χ0n) is 10.2. The van der Waals surface area contributed by atoms with Gasteiger partial charge in [-0.25, -0.2) is 0 Å². The number of nitrogens with zero attached hydrogens (tertiary/aromatic N) is 1. The molecular weight excluding hydrogens is 190 g/mol. The minimum absolute atomic E-state index is 0.0986. The Bertz CT molecular complexity index is 214. The Morgan fingerprint density at radius 3 is 2.73 bits per heavy atom. The lowest BCUT2D eigenvalue weighted by molar-refractivity contribution is -0.140. The lowest BCUT2D eigenvalue weighted by Gasteiger charge is -2.22. The fraction of sp³-hybridized carbons (Fsp3) is 0.917. The Morgan fingerprint density at radius 2 is 2.07 bits per heavy atom. The van der Waals surface area contributed by atoms with E-state index in [-0.39, 0.29) is 5.97 Å². The quantitative estimate of drug-likeness (QED) is 0.672. The van der Waals surface area contributed by atoms with Gasteiger partial charge >= 0.3 is 5.97 Å². The van der Waals surface area contributed by atoms with Gasteiger partial charge in [-0.2, -0.15) is 0 Å². The standard InChI is InChI=1S/C12H23NO2/c1-12(2)6-4-8-13(10-7-12)9-5-11(14)15-3/h4-10H2,1-3H3. The Balaban J connectivity index is 2.29. The van der Waals surface area contributed by atoms with Gasteiger partial charge in [0.1, 0.15) is 0 Å². The van der Waals surface area contributed by atoms with Crippen LogP contribution in [-0.2, 0) is 9.53 Å². The van der Waals surface area contributed by atoms with Crippen LogP contribution in [0.3, 0.4) is 0 Å². The van der Waals surface area contributed by atoms with Crippen molar-refractivity contribution in [2.75, 3.05) is 26.7 Å². The Kier molecular flexibility index (Phi) is 4.58. The topological polar surface area (TPSA) is 29.5 Å². The van der Waals surface area contributed by atoms with Gasteiger partial charge in [-0.15, -0.1) is 0 Å². The number of carbonyl (C=O) groups is 1. The molecule has 0 aliphatic carbocycles. The molecule has 88 valence electrons. The van der Waals surface area contributed by atoms with Gasteiger partial charge in [0.05, 0.1) is 13.5 Å². The minimum atomic E-state index is -0.0986. The summed E-state index contributed by atoms with van der Waals surface area (Å²) in [5.41, 5.74) is 0.472. The van der Waals surface area contributed by atoms with Crippen LogP contribution in [0.15, 0.2) is 0 Å². The van der Waals surface area contributed by atoms with E-state index < -0.39 is 0 Å². The van der Waals surface area contributed by atoms with Crippen molar-refractivity contribution in [3.8, 4) is 0 Å². The first-order valence-electron chi connectivity index (χ1n) is 5.83. The van der Waals surface area contributed by atoms with Gasteiger partial charge in [-0.1, -0.05) is 13.8 Å². The Hall–Kier alpha value is -0.570. The highest BCUT2D eigenvalue weighted by Crippen LogP contribution is 2.29. The van der Waals surface area contributed by atoms with Crippen LogP contribution in [0.5, 0.6) is 0 Å². The van der Waals surface area contributed by atoms with Gasteiger partial charge in [0.2, 0.25) is 0 Å². The van der Waals surface area contributed by atoms with Gasteiger partial charge in [0, 0.05) is 6.54 Å². The monoisotopic (exact) mass is 213 g/mol. The lowest BCUT2D eigenvalue weighted by Crippen LogP contribution is -2.28. The fourth-order valence-corrected chi connectivity index (χ4v) is 2.05. The Labute approximate surface area is 92.8 Å². The number of methoxy groups -OCH3 is 1. The third kappa shape index (κ3) is 4.65. The molecule has 0 aromatic heterocycles. The van der Waals surface area contributed by atoms with Gasteiger partial charge in [-0.3, -0.25) is 4.79 Å². The van der Waals surface area contributed by atoms with Crippen molar-refractivity contribution in [3.05, 3.63) is 0 Å². The highest BCUT2D eigenvalue weighted by Gasteiger charge is 2.22. The van der Waals surface area contributed by atoms with Crippen LogP contribution in [0.1, 0.15) is 39.5 Å². The van der Waals surface area contributed by atoms with Crippen molar-refractivity contribution < 1.29 is 9.53 Å². The molecule has 0 bridgehead atoms. The Morgan fingerprint density at radius 1 is 1.33 bits per heavy atom. The van der Waals surface area contributed by atoms with Crippen molar-refractivity contribution >= 4 is 5.97 Å². The summed E-state index contributed by atoms with van der Waals surface area (Å²) in [5, 5.41) is 0. The second-order valence-corrected chi connectivity index (χ2v) is 5.19. The number of hydrogen-bond acceptors (Lipinski definition) is 3. The van der Waals surface area contributed by atoms with Crippen LogP contribution >= 0.6 is 0 Å². The summed E-state index contributed by atoms with van der Waals surface area (Å²) in [6.07, 6.45) is 4.29. The SMILES string of the molecule is COC(=O)CCN1CCCC(C)(C)CC1. The number of carbonyl (C=O) groups excluding carboxylic acids is 1. The number of likely N-dealkylation sites (tertiary alicyclic amines) is 1. The van der Waals surface area contributed by atoms with Gasteiger partial charge < -0.3 is 9.64 Å². The molecule has 0 N–H and O–H groups in total. The maximum Gasteiger partial charge on any atom is 0.306 e. The first-order chi connectivity index (χ1) is 7.03.